The highest BCUT2D eigenvalue weighted by Crippen LogP contribution is 2.45. The summed E-state index contributed by atoms with van der Waals surface area (Å²) in [6, 6.07) is 43.0. The zero-order chi connectivity index (χ0) is 31.1. The van der Waals surface area contributed by atoms with Gasteiger partial charge >= 0.3 is 0 Å². The lowest BCUT2D eigenvalue weighted by molar-refractivity contribution is 0.629. The fourth-order valence-corrected chi connectivity index (χ4v) is 5.98. The molecule has 0 fully saturated rings. The second kappa shape index (κ2) is 14.3. The minimum atomic E-state index is -0.255. The zero-order valence-corrected chi connectivity index (χ0v) is 26.2. The lowest BCUT2D eigenvalue weighted by atomic mass is 9.92. The molecule has 3 nitrogen and oxygen atoms in total. The van der Waals surface area contributed by atoms with Crippen LogP contribution >= 0.6 is 12.9 Å². The molecule has 0 amide bonds. The fraction of sp³-hybridized carbons (Fsp3) is 0.128. The summed E-state index contributed by atoms with van der Waals surface area (Å²) in [5, 5.41) is 10.8. The fourth-order valence-electron chi connectivity index (χ4n) is 5.98. The molecule has 0 spiro atoms. The van der Waals surface area contributed by atoms with E-state index in [0.29, 0.717) is 5.69 Å². The molecule has 0 aromatic heterocycles. The van der Waals surface area contributed by atoms with E-state index in [4.69, 9.17) is 4.55 Å². The zero-order valence-electron chi connectivity index (χ0n) is 25.3. The molecular weight excluding hydrogens is 564 g/mol. The van der Waals surface area contributed by atoms with E-state index in [9.17, 15) is 0 Å². The minimum Gasteiger partial charge on any atom is -0.355 e. The van der Waals surface area contributed by atoms with Gasteiger partial charge in [0, 0.05) is 27.8 Å². The number of hydrogen-bond donors (Lipinski definition) is 3. The number of nitrogens with zero attached hydrogens (tertiary/aromatic N) is 1. The average Bonchev–Trinajstić information content (AvgIpc) is 3.09. The Bertz CT molecular complexity index is 1980. The number of thiol groups is 1. The summed E-state index contributed by atoms with van der Waals surface area (Å²) in [6.07, 6.45) is 2.13. The number of halogens is 1. The van der Waals surface area contributed by atoms with Crippen LogP contribution in [0.4, 0.5) is 32.8 Å². The van der Waals surface area contributed by atoms with E-state index in [1.54, 1.807) is 6.07 Å². The molecule has 0 saturated carbocycles. The molecule has 7 rings (SSSR count). The Morgan fingerprint density at radius 1 is 0.614 bits per heavy atom. The molecule has 222 valence electrons. The van der Waals surface area contributed by atoms with Crippen molar-refractivity contribution >= 4 is 73.7 Å². The van der Waals surface area contributed by atoms with Crippen molar-refractivity contribution in [2.24, 2.45) is 0 Å². The summed E-state index contributed by atoms with van der Waals surface area (Å²) in [7, 11) is 0. The molecule has 7 aromatic rings. The van der Waals surface area contributed by atoms with E-state index >= 15 is 4.39 Å². The van der Waals surface area contributed by atoms with E-state index in [0.717, 1.165) is 41.0 Å². The van der Waals surface area contributed by atoms with Crippen LogP contribution in [0.25, 0.3) is 32.3 Å². The van der Waals surface area contributed by atoms with Crippen molar-refractivity contribution in [2.45, 2.75) is 33.6 Å². The van der Waals surface area contributed by atoms with Crippen LogP contribution in [0.2, 0.25) is 0 Å². The van der Waals surface area contributed by atoms with Gasteiger partial charge in [0.25, 0.3) is 0 Å². The van der Waals surface area contributed by atoms with Gasteiger partial charge in [0.1, 0.15) is 5.82 Å². The van der Waals surface area contributed by atoms with Crippen LogP contribution in [0.5, 0.6) is 0 Å². The van der Waals surface area contributed by atoms with Crippen molar-refractivity contribution in [1.29, 1.82) is 0 Å². The summed E-state index contributed by atoms with van der Waals surface area (Å²) in [5.41, 5.74) is 5.95. The predicted molar refractivity (Wildman–Crippen MR) is 191 cm³/mol. The number of rotatable bonds is 7. The molecule has 0 saturated heterocycles. The molecule has 0 bridgehead atoms. The molecule has 0 atom stereocenters. The number of benzene rings is 7. The van der Waals surface area contributed by atoms with Gasteiger partial charge in [-0.15, -0.1) is 0 Å². The molecular formula is C39H37FN2OS. The van der Waals surface area contributed by atoms with Gasteiger partial charge < -0.3 is 14.8 Å². The first-order valence-electron chi connectivity index (χ1n) is 15.1. The molecule has 0 heterocycles. The predicted octanol–water partition coefficient (Wildman–Crippen LogP) is 12.3. The summed E-state index contributed by atoms with van der Waals surface area (Å²) >= 11 is 2.53. The third-order valence-electron chi connectivity index (χ3n) is 7.80. The quantitative estimate of drug-likeness (QED) is 0.0967. The smallest absolute Gasteiger partial charge is 0.147 e. The maximum atomic E-state index is 15.3. The van der Waals surface area contributed by atoms with E-state index in [-0.39, 0.29) is 5.82 Å². The Morgan fingerprint density at radius 2 is 1.20 bits per heavy atom. The van der Waals surface area contributed by atoms with Crippen LogP contribution in [0.1, 0.15) is 32.8 Å². The van der Waals surface area contributed by atoms with Crippen LogP contribution in [0.15, 0.2) is 127 Å². The Kier molecular flexibility index (Phi) is 10.0. The van der Waals surface area contributed by atoms with Gasteiger partial charge in [-0.2, -0.15) is 0 Å². The van der Waals surface area contributed by atoms with Gasteiger partial charge in [-0.25, -0.2) is 4.39 Å². The van der Waals surface area contributed by atoms with E-state index in [1.807, 2.05) is 61.2 Å². The molecule has 44 heavy (non-hydrogen) atoms. The van der Waals surface area contributed by atoms with Crippen LogP contribution in [0.3, 0.4) is 0 Å². The first-order valence-corrected chi connectivity index (χ1v) is 15.5. The molecule has 0 aliphatic carbocycles. The Hall–Kier alpha value is -4.58. The van der Waals surface area contributed by atoms with Gasteiger partial charge in [0.2, 0.25) is 0 Å². The highest BCUT2D eigenvalue weighted by molar-refractivity contribution is 7.74. The van der Waals surface area contributed by atoms with E-state index in [2.05, 4.69) is 97.9 Å². The summed E-state index contributed by atoms with van der Waals surface area (Å²) in [5.74, 6) is -0.255. The van der Waals surface area contributed by atoms with Crippen LogP contribution in [0, 0.1) is 5.82 Å². The van der Waals surface area contributed by atoms with Crippen molar-refractivity contribution in [1.82, 2.24) is 0 Å². The van der Waals surface area contributed by atoms with Crippen molar-refractivity contribution in [3.05, 3.63) is 139 Å². The third kappa shape index (κ3) is 5.81. The van der Waals surface area contributed by atoms with Crippen molar-refractivity contribution < 1.29 is 8.94 Å². The summed E-state index contributed by atoms with van der Waals surface area (Å²) < 4.78 is 22.0. The molecule has 0 aliphatic heterocycles. The lowest BCUT2D eigenvalue weighted by Gasteiger charge is -2.28. The molecule has 0 unspecified atom stereocenters. The first-order chi connectivity index (χ1) is 21.7. The van der Waals surface area contributed by atoms with Crippen LogP contribution in [-0.2, 0) is 6.42 Å². The maximum Gasteiger partial charge on any atom is 0.147 e. The standard InChI is InChI=1S/C37H29FN2.C2H6.H2OS/c1-2-10-25-11-6-8-15-32(25)39-33-23-19-26-18-22-30-34(24-20-27-17-21-29(33)36(26)37(27)30)40(28-12-4-3-5-13-28)35-16-9-7-14-31(35)38;2*1-2/h3-9,11-24,39H,2,10H2,1H3;1-2H3;1-2H. The number of aryl methyl sites for hydroxylation is 1. The highest BCUT2D eigenvalue weighted by Gasteiger charge is 2.20. The molecule has 0 aliphatic rings. The van der Waals surface area contributed by atoms with Gasteiger partial charge in [0.15, 0.2) is 0 Å². The van der Waals surface area contributed by atoms with Crippen LogP contribution in [-0.4, -0.2) is 4.55 Å². The van der Waals surface area contributed by atoms with Crippen molar-refractivity contribution in [3.63, 3.8) is 0 Å². The molecule has 5 heteroatoms. The molecule has 2 N–H and O–H groups in total. The number of hydrogen-bond acceptors (Lipinski definition) is 4. The maximum absolute atomic E-state index is 15.3. The summed E-state index contributed by atoms with van der Waals surface area (Å²) in [4.78, 5) is 2.03. The number of anilines is 5. The Labute approximate surface area is 264 Å². The normalized spacial score (nSPS) is 10.7. The van der Waals surface area contributed by atoms with Crippen molar-refractivity contribution in [3.8, 4) is 0 Å². The Balaban J connectivity index is 0.000000924. The van der Waals surface area contributed by atoms with E-state index < -0.39 is 0 Å². The minimum absolute atomic E-state index is 0.255. The van der Waals surface area contributed by atoms with Gasteiger partial charge in [-0.3, -0.25) is 0 Å². The highest BCUT2D eigenvalue weighted by atomic mass is 32.1. The summed E-state index contributed by atoms with van der Waals surface area (Å²) in [6.45, 7) is 6.21. The Morgan fingerprint density at radius 3 is 1.93 bits per heavy atom. The van der Waals surface area contributed by atoms with Crippen LogP contribution < -0.4 is 10.2 Å². The third-order valence-corrected chi connectivity index (χ3v) is 7.80. The number of nitrogens with one attached hydrogen (secondary N) is 1. The largest absolute Gasteiger partial charge is 0.355 e. The van der Waals surface area contributed by atoms with Gasteiger partial charge in [0.05, 0.1) is 11.4 Å². The second-order valence-corrected chi connectivity index (χ2v) is 10.3. The molecule has 7 aromatic carbocycles. The van der Waals surface area contributed by atoms with Gasteiger partial charge in [-0.1, -0.05) is 112 Å². The number of para-hydroxylation sites is 3. The lowest BCUT2D eigenvalue weighted by Crippen LogP contribution is -2.12. The average molecular weight is 601 g/mol. The van der Waals surface area contributed by atoms with E-state index in [1.165, 1.54) is 38.6 Å². The SMILES string of the molecule is CC.CCCc1ccccc1Nc1ccc2ccc3c(N(c4ccccc4)c4ccccc4F)ccc4ccc1c2c43.OS. The first kappa shape index (κ1) is 30.9. The molecule has 0 radical (unpaired) electrons. The topological polar surface area (TPSA) is 35.5 Å². The van der Waals surface area contributed by atoms with Crippen molar-refractivity contribution in [2.75, 3.05) is 10.2 Å². The monoisotopic (exact) mass is 600 g/mol. The van der Waals surface area contributed by atoms with Gasteiger partial charge in [-0.05, 0) is 88.9 Å². The second-order valence-electron chi connectivity index (χ2n) is 10.3.